The Kier molecular flexibility index (Phi) is 3.28. The summed E-state index contributed by atoms with van der Waals surface area (Å²) < 4.78 is 24.9. The lowest BCUT2D eigenvalue weighted by atomic mass is 9.69. The van der Waals surface area contributed by atoms with Crippen LogP contribution in [0.15, 0.2) is 24.3 Å². The molecule has 1 fully saturated rings. The van der Waals surface area contributed by atoms with Gasteiger partial charge in [-0.2, -0.15) is 0 Å². The Morgan fingerprint density at radius 3 is 1.89 bits per heavy atom. The van der Waals surface area contributed by atoms with Crippen LogP contribution in [-0.2, 0) is 9.31 Å². The van der Waals surface area contributed by atoms with Gasteiger partial charge in [0, 0.05) is 5.82 Å². The number of halogens is 1. The van der Waals surface area contributed by atoms with Gasteiger partial charge in [0.25, 0.3) is 0 Å². The highest BCUT2D eigenvalue weighted by Crippen LogP contribution is 2.40. The highest BCUT2D eigenvalue weighted by Gasteiger charge is 2.52. The van der Waals surface area contributed by atoms with Gasteiger partial charge < -0.3 is 9.31 Å². The average Bonchev–Trinajstić information content (AvgIpc) is 2.48. The van der Waals surface area contributed by atoms with Gasteiger partial charge in [-0.3, -0.25) is 0 Å². The third kappa shape index (κ3) is 2.32. The van der Waals surface area contributed by atoms with Gasteiger partial charge in [0.05, 0.1) is 11.2 Å². The Hall–Kier alpha value is -0.865. The molecule has 1 aromatic carbocycles. The Bertz CT molecular complexity index is 412. The third-order valence-corrected chi connectivity index (χ3v) is 4.08. The van der Waals surface area contributed by atoms with E-state index in [1.165, 1.54) is 12.1 Å². The molecular weight excluding hydrogens is 230 g/mol. The smallest absolute Gasteiger partial charge is 0.403 e. The molecule has 0 bridgehead atoms. The minimum Gasteiger partial charge on any atom is -0.403 e. The zero-order valence-corrected chi connectivity index (χ0v) is 11.7. The van der Waals surface area contributed by atoms with Gasteiger partial charge in [-0.15, -0.1) is 0 Å². The zero-order chi connectivity index (χ0) is 13.6. The number of hydrogen-bond acceptors (Lipinski definition) is 2. The quantitative estimate of drug-likeness (QED) is 0.747. The highest BCUT2D eigenvalue weighted by molar-refractivity contribution is 6.47. The fourth-order valence-electron chi connectivity index (χ4n) is 2.02. The normalized spacial score (nSPS) is 23.1. The van der Waals surface area contributed by atoms with Crippen LogP contribution in [0, 0.1) is 5.82 Å². The Morgan fingerprint density at radius 2 is 1.44 bits per heavy atom. The van der Waals surface area contributed by atoms with Crippen LogP contribution < -0.4 is 0 Å². The molecule has 1 unspecified atom stereocenters. The van der Waals surface area contributed by atoms with Crippen molar-refractivity contribution in [3.8, 4) is 0 Å². The van der Waals surface area contributed by atoms with E-state index in [1.807, 2.05) is 34.6 Å². The van der Waals surface area contributed by atoms with E-state index in [9.17, 15) is 4.39 Å². The van der Waals surface area contributed by atoms with Crippen LogP contribution in [0.1, 0.15) is 46.0 Å². The van der Waals surface area contributed by atoms with Crippen LogP contribution in [0.25, 0.3) is 0 Å². The molecule has 0 spiro atoms. The van der Waals surface area contributed by atoms with E-state index in [4.69, 9.17) is 9.31 Å². The molecule has 0 aromatic heterocycles. The van der Waals surface area contributed by atoms with Crippen molar-refractivity contribution >= 4 is 7.12 Å². The van der Waals surface area contributed by atoms with E-state index in [0.29, 0.717) is 0 Å². The minimum absolute atomic E-state index is 0.0756. The predicted octanol–water partition coefficient (Wildman–Crippen LogP) is 3.56. The summed E-state index contributed by atoms with van der Waals surface area (Å²) >= 11 is 0. The molecule has 0 amide bonds. The monoisotopic (exact) mass is 250 g/mol. The largest absolute Gasteiger partial charge is 0.465 e. The summed E-state index contributed by atoms with van der Waals surface area (Å²) in [6, 6.07) is 6.50. The van der Waals surface area contributed by atoms with Crippen LogP contribution in [0.3, 0.4) is 0 Å². The molecule has 1 aliphatic rings. The van der Waals surface area contributed by atoms with Crippen LogP contribution in [0.5, 0.6) is 0 Å². The van der Waals surface area contributed by atoms with Gasteiger partial charge in [0.1, 0.15) is 5.82 Å². The first-order chi connectivity index (χ1) is 8.23. The Balaban J connectivity index is 2.17. The van der Waals surface area contributed by atoms with Crippen molar-refractivity contribution < 1.29 is 13.7 Å². The summed E-state index contributed by atoms with van der Waals surface area (Å²) in [7, 11) is -0.291. The van der Waals surface area contributed by atoms with E-state index in [0.717, 1.165) is 5.56 Å². The van der Waals surface area contributed by atoms with Crippen molar-refractivity contribution in [3.63, 3.8) is 0 Å². The van der Waals surface area contributed by atoms with Crippen LogP contribution in [-0.4, -0.2) is 18.3 Å². The van der Waals surface area contributed by atoms with Crippen molar-refractivity contribution in [3.05, 3.63) is 35.6 Å². The van der Waals surface area contributed by atoms with Crippen molar-refractivity contribution in [2.45, 2.75) is 51.6 Å². The molecule has 2 rings (SSSR count). The lowest BCUT2D eigenvalue weighted by Crippen LogP contribution is -2.41. The second kappa shape index (κ2) is 4.35. The number of hydrogen-bond donors (Lipinski definition) is 0. The number of rotatable bonds is 2. The molecule has 0 saturated carbocycles. The Morgan fingerprint density at radius 1 is 1.00 bits per heavy atom. The second-order valence-electron chi connectivity index (χ2n) is 5.96. The summed E-state index contributed by atoms with van der Waals surface area (Å²) in [6.07, 6.45) is 0. The van der Waals surface area contributed by atoms with Gasteiger partial charge >= 0.3 is 7.12 Å². The van der Waals surface area contributed by atoms with E-state index < -0.39 is 0 Å². The second-order valence-corrected chi connectivity index (χ2v) is 5.96. The molecule has 1 aliphatic heterocycles. The van der Waals surface area contributed by atoms with Crippen molar-refractivity contribution in [2.24, 2.45) is 0 Å². The zero-order valence-electron chi connectivity index (χ0n) is 11.7. The molecular formula is C14H20BFO2. The topological polar surface area (TPSA) is 18.5 Å². The van der Waals surface area contributed by atoms with Crippen LogP contribution in [0.2, 0.25) is 0 Å². The lowest BCUT2D eigenvalue weighted by molar-refractivity contribution is 0.00578. The number of benzene rings is 1. The maximum Gasteiger partial charge on any atom is 0.465 e. The highest BCUT2D eigenvalue weighted by atomic mass is 19.1. The molecule has 1 atom stereocenters. The molecule has 98 valence electrons. The molecule has 1 saturated heterocycles. The summed E-state index contributed by atoms with van der Waals surface area (Å²) in [5.41, 5.74) is 0.368. The maximum absolute atomic E-state index is 12.9. The molecule has 18 heavy (non-hydrogen) atoms. The van der Waals surface area contributed by atoms with Gasteiger partial charge in [-0.05, 0) is 45.4 Å². The first kappa shape index (κ1) is 13.6. The summed E-state index contributed by atoms with van der Waals surface area (Å²) in [5.74, 6) is -0.147. The minimum atomic E-state index is -0.327. The Labute approximate surface area is 109 Å². The summed E-state index contributed by atoms with van der Waals surface area (Å²) in [6.45, 7) is 10.2. The molecule has 2 nitrogen and oxygen atoms in total. The van der Waals surface area contributed by atoms with E-state index >= 15 is 0 Å². The molecule has 4 heteroatoms. The van der Waals surface area contributed by atoms with Crippen molar-refractivity contribution in [1.29, 1.82) is 0 Å². The standard InChI is InChI=1S/C14H20BFO2/c1-10(11-6-8-12(16)9-7-11)15-17-13(2,3)14(4,5)18-15/h6-10H,1-5H3. The van der Waals surface area contributed by atoms with Gasteiger partial charge in [-0.1, -0.05) is 19.1 Å². The molecule has 0 radical (unpaired) electrons. The average molecular weight is 250 g/mol. The summed E-state index contributed by atoms with van der Waals surface area (Å²) in [5, 5.41) is 0. The van der Waals surface area contributed by atoms with E-state index in [1.54, 1.807) is 12.1 Å². The maximum atomic E-state index is 12.9. The molecule has 1 heterocycles. The molecule has 0 N–H and O–H groups in total. The van der Waals surface area contributed by atoms with E-state index in [-0.39, 0.29) is 30.0 Å². The van der Waals surface area contributed by atoms with Gasteiger partial charge in [-0.25, -0.2) is 4.39 Å². The fraction of sp³-hybridized carbons (Fsp3) is 0.571. The van der Waals surface area contributed by atoms with Crippen LogP contribution in [0.4, 0.5) is 4.39 Å². The van der Waals surface area contributed by atoms with E-state index in [2.05, 4.69) is 0 Å². The first-order valence-electron chi connectivity index (χ1n) is 6.34. The predicted molar refractivity (Wildman–Crippen MR) is 70.9 cm³/mol. The molecule has 1 aromatic rings. The van der Waals surface area contributed by atoms with Crippen molar-refractivity contribution in [2.75, 3.05) is 0 Å². The lowest BCUT2D eigenvalue weighted by Gasteiger charge is -2.32. The fourth-order valence-corrected chi connectivity index (χ4v) is 2.02. The SMILES string of the molecule is CC(B1OC(C)(C)C(C)(C)O1)c1ccc(F)cc1. The molecule has 0 aliphatic carbocycles. The van der Waals surface area contributed by atoms with Gasteiger partial charge in [0.2, 0.25) is 0 Å². The van der Waals surface area contributed by atoms with Gasteiger partial charge in [0.15, 0.2) is 0 Å². The third-order valence-electron chi connectivity index (χ3n) is 4.08. The first-order valence-corrected chi connectivity index (χ1v) is 6.34. The van der Waals surface area contributed by atoms with Crippen LogP contribution >= 0.6 is 0 Å². The van der Waals surface area contributed by atoms with Crippen molar-refractivity contribution in [1.82, 2.24) is 0 Å². The summed E-state index contributed by atoms with van der Waals surface area (Å²) in [4.78, 5) is 0.